The number of hydrogen-bond donors (Lipinski definition) is 1. The SMILES string of the molecule is CN(C)C1CCN(c2cc(-c3cccc4c3OCO4)cc(-c3ccccc3O)n2)C1. The van der Waals surface area contributed by atoms with E-state index in [1.165, 1.54) is 0 Å². The zero-order valence-electron chi connectivity index (χ0n) is 17.2. The maximum Gasteiger partial charge on any atom is 0.231 e. The number of nitrogens with zero attached hydrogens (tertiary/aromatic N) is 3. The van der Waals surface area contributed by atoms with Crippen LogP contribution in [0.25, 0.3) is 22.4 Å². The van der Waals surface area contributed by atoms with Gasteiger partial charge in [-0.1, -0.05) is 24.3 Å². The number of likely N-dealkylation sites (N-methyl/N-ethyl adjacent to an activating group) is 1. The first kappa shape index (κ1) is 18.8. The molecule has 2 aromatic carbocycles. The van der Waals surface area contributed by atoms with Crippen LogP contribution in [0.5, 0.6) is 17.2 Å². The fraction of sp³-hybridized carbons (Fsp3) is 0.292. The molecule has 2 aliphatic heterocycles. The summed E-state index contributed by atoms with van der Waals surface area (Å²) in [4.78, 5) is 9.52. The van der Waals surface area contributed by atoms with Crippen LogP contribution in [-0.2, 0) is 0 Å². The van der Waals surface area contributed by atoms with Gasteiger partial charge in [0.05, 0.1) is 5.69 Å². The fourth-order valence-electron chi connectivity index (χ4n) is 4.19. The molecule has 1 N–H and O–H groups in total. The van der Waals surface area contributed by atoms with Crippen molar-refractivity contribution in [3.05, 3.63) is 54.6 Å². The second-order valence-corrected chi connectivity index (χ2v) is 8.01. The summed E-state index contributed by atoms with van der Waals surface area (Å²) >= 11 is 0. The second kappa shape index (κ2) is 7.54. The first-order valence-electron chi connectivity index (χ1n) is 10.2. The zero-order chi connectivity index (χ0) is 20.7. The largest absolute Gasteiger partial charge is 0.507 e. The molecule has 0 spiro atoms. The van der Waals surface area contributed by atoms with Crippen LogP contribution in [0.15, 0.2) is 54.6 Å². The number of rotatable bonds is 4. The predicted octanol–water partition coefficient (Wildman–Crippen LogP) is 3.99. The van der Waals surface area contributed by atoms with E-state index < -0.39 is 0 Å². The summed E-state index contributed by atoms with van der Waals surface area (Å²) in [6.45, 7) is 2.11. The molecule has 6 nitrogen and oxygen atoms in total. The Balaban J connectivity index is 1.63. The maximum absolute atomic E-state index is 10.4. The number of anilines is 1. The predicted molar refractivity (Wildman–Crippen MR) is 117 cm³/mol. The summed E-state index contributed by atoms with van der Waals surface area (Å²) in [5.74, 6) is 2.64. The van der Waals surface area contributed by atoms with Gasteiger partial charge in [0.25, 0.3) is 0 Å². The topological polar surface area (TPSA) is 58.1 Å². The molecule has 1 saturated heterocycles. The van der Waals surface area contributed by atoms with Gasteiger partial charge in [-0.15, -0.1) is 0 Å². The first-order chi connectivity index (χ1) is 14.6. The van der Waals surface area contributed by atoms with Gasteiger partial charge in [-0.25, -0.2) is 4.98 Å². The van der Waals surface area contributed by atoms with Gasteiger partial charge in [-0.05, 0) is 56.4 Å². The van der Waals surface area contributed by atoms with Crippen LogP contribution in [-0.4, -0.2) is 55.0 Å². The summed E-state index contributed by atoms with van der Waals surface area (Å²) < 4.78 is 11.3. The van der Waals surface area contributed by atoms with Crippen molar-refractivity contribution in [2.45, 2.75) is 12.5 Å². The minimum Gasteiger partial charge on any atom is -0.507 e. The Labute approximate surface area is 176 Å². The van der Waals surface area contributed by atoms with Gasteiger partial charge in [0, 0.05) is 30.3 Å². The molecule has 1 unspecified atom stereocenters. The number of phenols is 1. The van der Waals surface area contributed by atoms with Crippen LogP contribution in [0, 0.1) is 0 Å². The molecule has 0 bridgehead atoms. The highest BCUT2D eigenvalue weighted by Gasteiger charge is 2.26. The number of aromatic hydroxyl groups is 1. The lowest BCUT2D eigenvalue weighted by Crippen LogP contribution is -2.31. The van der Waals surface area contributed by atoms with E-state index in [4.69, 9.17) is 14.5 Å². The molecule has 154 valence electrons. The summed E-state index contributed by atoms with van der Waals surface area (Å²) in [6.07, 6.45) is 1.10. The molecule has 2 aliphatic rings. The highest BCUT2D eigenvalue weighted by molar-refractivity contribution is 5.81. The van der Waals surface area contributed by atoms with Gasteiger partial charge in [0.1, 0.15) is 11.6 Å². The molecular formula is C24H25N3O3. The lowest BCUT2D eigenvalue weighted by atomic mass is 10.0. The van der Waals surface area contributed by atoms with Gasteiger partial charge in [0.2, 0.25) is 6.79 Å². The van der Waals surface area contributed by atoms with Gasteiger partial charge in [-0.3, -0.25) is 0 Å². The molecule has 0 radical (unpaired) electrons. The fourth-order valence-corrected chi connectivity index (χ4v) is 4.19. The zero-order valence-corrected chi connectivity index (χ0v) is 17.2. The molecule has 0 aliphatic carbocycles. The average Bonchev–Trinajstić information content (AvgIpc) is 3.43. The second-order valence-electron chi connectivity index (χ2n) is 8.01. The number of aromatic nitrogens is 1. The van der Waals surface area contributed by atoms with E-state index in [-0.39, 0.29) is 12.5 Å². The van der Waals surface area contributed by atoms with Crippen LogP contribution in [0.3, 0.4) is 0 Å². The summed E-state index contributed by atoms with van der Waals surface area (Å²) in [6, 6.07) is 17.9. The van der Waals surface area contributed by atoms with Crippen molar-refractivity contribution >= 4 is 5.82 Å². The molecule has 1 atom stereocenters. The lowest BCUT2D eigenvalue weighted by molar-refractivity contribution is 0.174. The van der Waals surface area contributed by atoms with Crippen molar-refractivity contribution in [2.24, 2.45) is 0 Å². The Hall–Kier alpha value is -3.25. The number of ether oxygens (including phenoxy) is 2. The summed E-state index contributed by atoms with van der Waals surface area (Å²) in [5, 5.41) is 10.4. The molecule has 3 heterocycles. The molecule has 1 aromatic heterocycles. The van der Waals surface area contributed by atoms with E-state index in [1.54, 1.807) is 6.07 Å². The number of para-hydroxylation sites is 2. The molecule has 0 saturated carbocycles. The van der Waals surface area contributed by atoms with Crippen LogP contribution in [0.1, 0.15) is 6.42 Å². The highest BCUT2D eigenvalue weighted by atomic mass is 16.7. The van der Waals surface area contributed by atoms with E-state index in [9.17, 15) is 5.11 Å². The van der Waals surface area contributed by atoms with E-state index in [2.05, 4.69) is 30.0 Å². The van der Waals surface area contributed by atoms with E-state index in [0.29, 0.717) is 11.6 Å². The minimum atomic E-state index is 0.221. The number of pyridine rings is 1. The number of phenolic OH excluding ortho intramolecular Hbond substituents is 1. The Morgan fingerprint density at radius 3 is 2.67 bits per heavy atom. The highest BCUT2D eigenvalue weighted by Crippen LogP contribution is 2.43. The molecule has 6 heteroatoms. The van der Waals surface area contributed by atoms with Gasteiger partial charge >= 0.3 is 0 Å². The Bertz CT molecular complexity index is 1080. The summed E-state index contributed by atoms with van der Waals surface area (Å²) in [7, 11) is 4.24. The van der Waals surface area contributed by atoms with Crippen molar-refractivity contribution in [2.75, 3.05) is 38.9 Å². The quantitative estimate of drug-likeness (QED) is 0.711. The Kier molecular flexibility index (Phi) is 4.71. The maximum atomic E-state index is 10.4. The molecule has 0 amide bonds. The van der Waals surface area contributed by atoms with Crippen molar-refractivity contribution in [1.82, 2.24) is 9.88 Å². The Morgan fingerprint density at radius 1 is 1.03 bits per heavy atom. The smallest absolute Gasteiger partial charge is 0.231 e. The van der Waals surface area contributed by atoms with E-state index in [0.717, 1.165) is 53.6 Å². The molecule has 1 fully saturated rings. The molecule has 30 heavy (non-hydrogen) atoms. The minimum absolute atomic E-state index is 0.221. The first-order valence-corrected chi connectivity index (χ1v) is 10.2. The number of fused-ring (bicyclic) bond motifs is 1. The normalized spacial score (nSPS) is 17.7. The Morgan fingerprint density at radius 2 is 1.87 bits per heavy atom. The van der Waals surface area contributed by atoms with Crippen LogP contribution in [0.4, 0.5) is 5.82 Å². The molecular weight excluding hydrogens is 378 g/mol. The van der Waals surface area contributed by atoms with Crippen molar-refractivity contribution < 1.29 is 14.6 Å². The molecule has 5 rings (SSSR count). The van der Waals surface area contributed by atoms with Crippen LogP contribution in [0.2, 0.25) is 0 Å². The third-order valence-corrected chi connectivity index (χ3v) is 5.92. The lowest BCUT2D eigenvalue weighted by Gasteiger charge is -2.22. The van der Waals surface area contributed by atoms with Crippen molar-refractivity contribution in [1.29, 1.82) is 0 Å². The monoisotopic (exact) mass is 403 g/mol. The number of hydrogen-bond acceptors (Lipinski definition) is 6. The summed E-state index contributed by atoms with van der Waals surface area (Å²) in [5.41, 5.74) is 3.42. The third kappa shape index (κ3) is 3.33. The number of benzene rings is 2. The van der Waals surface area contributed by atoms with Gasteiger partial charge in [-0.2, -0.15) is 0 Å². The van der Waals surface area contributed by atoms with Gasteiger partial charge < -0.3 is 24.4 Å². The van der Waals surface area contributed by atoms with Gasteiger partial charge in [0.15, 0.2) is 11.5 Å². The van der Waals surface area contributed by atoms with Crippen molar-refractivity contribution in [3.8, 4) is 39.6 Å². The van der Waals surface area contributed by atoms with E-state index >= 15 is 0 Å². The van der Waals surface area contributed by atoms with Crippen LogP contribution < -0.4 is 14.4 Å². The average molecular weight is 403 g/mol. The standard InChI is InChI=1S/C24H25N3O3/c1-26(2)17-10-11-27(14-17)23-13-16(18-7-5-9-22-24(18)30-15-29-22)12-20(25-23)19-6-3-4-8-21(19)28/h3-9,12-13,17,28H,10-11,14-15H2,1-2H3. The van der Waals surface area contributed by atoms with E-state index in [1.807, 2.05) is 42.5 Å². The van der Waals surface area contributed by atoms with Crippen LogP contribution >= 0.6 is 0 Å². The third-order valence-electron chi connectivity index (χ3n) is 5.92. The molecule has 3 aromatic rings. The van der Waals surface area contributed by atoms with Crippen molar-refractivity contribution in [3.63, 3.8) is 0 Å².